The third kappa shape index (κ3) is 3.31. The van der Waals surface area contributed by atoms with Crippen molar-refractivity contribution in [1.82, 2.24) is 19.5 Å². The van der Waals surface area contributed by atoms with E-state index in [0.717, 1.165) is 22.0 Å². The van der Waals surface area contributed by atoms with E-state index in [2.05, 4.69) is 26.3 Å². The number of aromatic nitrogens is 4. The molecule has 0 saturated carbocycles. The highest BCUT2D eigenvalue weighted by molar-refractivity contribution is 6.03. The van der Waals surface area contributed by atoms with E-state index in [4.69, 9.17) is 4.42 Å². The monoisotopic (exact) mass is 361 g/mol. The van der Waals surface area contributed by atoms with Crippen LogP contribution >= 0.6 is 0 Å². The molecule has 0 fully saturated rings. The molecule has 0 spiro atoms. The third-order valence-corrected chi connectivity index (χ3v) is 4.32. The number of benzene rings is 1. The maximum Gasteiger partial charge on any atom is 0.278 e. The van der Waals surface area contributed by atoms with Gasteiger partial charge in [0.1, 0.15) is 12.1 Å². The van der Waals surface area contributed by atoms with Crippen LogP contribution in [0.1, 0.15) is 36.1 Å². The fraction of sp³-hybridized carbons (Fsp3) is 0.200. The highest BCUT2D eigenvalue weighted by atomic mass is 16.3. The number of hydrogen-bond acceptors (Lipinski definition) is 5. The van der Waals surface area contributed by atoms with E-state index in [9.17, 15) is 4.79 Å². The maximum atomic E-state index is 12.4. The average molecular weight is 361 g/mol. The van der Waals surface area contributed by atoms with E-state index in [1.165, 1.54) is 6.26 Å². The van der Waals surface area contributed by atoms with E-state index >= 15 is 0 Å². The summed E-state index contributed by atoms with van der Waals surface area (Å²) >= 11 is 0. The Kier molecular flexibility index (Phi) is 4.19. The van der Waals surface area contributed by atoms with Crippen molar-refractivity contribution in [2.24, 2.45) is 7.05 Å². The standard InChI is InChI=1S/C20H19N5O2/c1-12(2)20-23-16(10-27-20)19(26)24-18-7-15-6-13(4-5-14(15)8-22-18)17-9-21-11-25(17)3/h4-12H,1-3H3,(H,22,24,26). The van der Waals surface area contributed by atoms with Crippen molar-refractivity contribution in [3.8, 4) is 11.3 Å². The van der Waals surface area contributed by atoms with E-state index < -0.39 is 0 Å². The van der Waals surface area contributed by atoms with E-state index in [0.29, 0.717) is 11.7 Å². The van der Waals surface area contributed by atoms with Crippen molar-refractivity contribution >= 4 is 22.5 Å². The first-order valence-electron chi connectivity index (χ1n) is 8.64. The predicted octanol–water partition coefficient (Wildman–Crippen LogP) is 4.00. The lowest BCUT2D eigenvalue weighted by Gasteiger charge is -2.07. The molecule has 7 nitrogen and oxygen atoms in total. The second kappa shape index (κ2) is 6.68. The van der Waals surface area contributed by atoms with Gasteiger partial charge in [-0.25, -0.2) is 15.0 Å². The summed E-state index contributed by atoms with van der Waals surface area (Å²) in [7, 11) is 1.95. The van der Waals surface area contributed by atoms with Crippen LogP contribution < -0.4 is 5.32 Å². The van der Waals surface area contributed by atoms with Gasteiger partial charge in [0.25, 0.3) is 5.91 Å². The van der Waals surface area contributed by atoms with Crippen molar-refractivity contribution in [2.75, 3.05) is 5.32 Å². The molecule has 3 heterocycles. The molecule has 0 aliphatic rings. The van der Waals surface area contributed by atoms with Gasteiger partial charge in [-0.15, -0.1) is 0 Å². The number of pyridine rings is 1. The Morgan fingerprint density at radius 2 is 2.04 bits per heavy atom. The van der Waals surface area contributed by atoms with Crippen molar-refractivity contribution in [3.05, 3.63) is 60.8 Å². The molecule has 4 rings (SSSR count). The molecule has 1 amide bonds. The quantitative estimate of drug-likeness (QED) is 0.594. The summed E-state index contributed by atoms with van der Waals surface area (Å²) in [4.78, 5) is 25.1. The van der Waals surface area contributed by atoms with Gasteiger partial charge < -0.3 is 14.3 Å². The smallest absolute Gasteiger partial charge is 0.278 e. The molecule has 7 heteroatoms. The molecule has 0 saturated heterocycles. The maximum absolute atomic E-state index is 12.4. The second-order valence-corrected chi connectivity index (χ2v) is 6.70. The fourth-order valence-corrected chi connectivity index (χ4v) is 2.84. The Labute approximate surface area is 156 Å². The first kappa shape index (κ1) is 17.0. The number of hydrogen-bond donors (Lipinski definition) is 1. The number of oxazole rings is 1. The Morgan fingerprint density at radius 1 is 1.19 bits per heavy atom. The zero-order valence-electron chi connectivity index (χ0n) is 15.3. The van der Waals surface area contributed by atoms with E-state index in [1.807, 2.05) is 49.9 Å². The third-order valence-electron chi connectivity index (χ3n) is 4.32. The summed E-state index contributed by atoms with van der Waals surface area (Å²) in [6.07, 6.45) is 6.69. The molecule has 0 bridgehead atoms. The van der Waals surface area contributed by atoms with Crippen molar-refractivity contribution in [3.63, 3.8) is 0 Å². The normalized spacial score (nSPS) is 11.3. The molecule has 136 valence electrons. The molecule has 1 aromatic carbocycles. The molecule has 0 unspecified atom stereocenters. The Hall–Kier alpha value is -3.48. The van der Waals surface area contributed by atoms with Gasteiger partial charge in [-0.3, -0.25) is 4.79 Å². The lowest BCUT2D eigenvalue weighted by molar-refractivity contribution is 0.102. The number of carbonyl (C=O) groups is 1. The summed E-state index contributed by atoms with van der Waals surface area (Å²) in [6, 6.07) is 7.93. The average Bonchev–Trinajstić information content (AvgIpc) is 3.30. The zero-order valence-corrected chi connectivity index (χ0v) is 15.3. The van der Waals surface area contributed by atoms with Crippen LogP contribution in [0.15, 0.2) is 53.7 Å². The van der Waals surface area contributed by atoms with Gasteiger partial charge in [-0.2, -0.15) is 0 Å². The Balaban J connectivity index is 1.62. The first-order chi connectivity index (χ1) is 13.0. The van der Waals surface area contributed by atoms with E-state index in [1.54, 1.807) is 12.5 Å². The molecule has 1 N–H and O–H groups in total. The van der Waals surface area contributed by atoms with Gasteiger partial charge in [0.15, 0.2) is 11.6 Å². The zero-order chi connectivity index (χ0) is 19.0. The number of nitrogens with zero attached hydrogens (tertiary/aromatic N) is 4. The molecule has 0 aliphatic heterocycles. The number of imidazole rings is 1. The van der Waals surface area contributed by atoms with Gasteiger partial charge in [0.2, 0.25) is 0 Å². The summed E-state index contributed by atoms with van der Waals surface area (Å²) in [5.74, 6) is 0.771. The van der Waals surface area contributed by atoms with Crippen LogP contribution in [0, 0.1) is 0 Å². The number of rotatable bonds is 4. The van der Waals surface area contributed by atoms with Gasteiger partial charge in [0, 0.05) is 30.1 Å². The molecular weight excluding hydrogens is 342 g/mol. The van der Waals surface area contributed by atoms with Crippen LogP contribution in [0.5, 0.6) is 0 Å². The molecule has 0 aliphatic carbocycles. The number of fused-ring (bicyclic) bond motifs is 1. The van der Waals surface area contributed by atoms with Crippen molar-refractivity contribution < 1.29 is 9.21 Å². The summed E-state index contributed by atoms with van der Waals surface area (Å²) < 4.78 is 7.28. The van der Waals surface area contributed by atoms with Crippen LogP contribution in [0.2, 0.25) is 0 Å². The lowest BCUT2D eigenvalue weighted by Crippen LogP contribution is -2.13. The van der Waals surface area contributed by atoms with Gasteiger partial charge >= 0.3 is 0 Å². The van der Waals surface area contributed by atoms with Crippen molar-refractivity contribution in [2.45, 2.75) is 19.8 Å². The molecular formula is C20H19N5O2. The molecule has 4 aromatic rings. The van der Waals surface area contributed by atoms with Crippen molar-refractivity contribution in [1.29, 1.82) is 0 Å². The van der Waals surface area contributed by atoms with Crippen LogP contribution in [0.25, 0.3) is 22.0 Å². The SMILES string of the molecule is CC(C)c1nc(C(=O)Nc2cc3cc(-c4cncn4C)ccc3cn2)co1. The first-order valence-corrected chi connectivity index (χ1v) is 8.64. The van der Waals surface area contributed by atoms with Crippen LogP contribution in [0.4, 0.5) is 5.82 Å². The lowest BCUT2D eigenvalue weighted by atomic mass is 10.1. The minimum Gasteiger partial charge on any atom is -0.448 e. The Morgan fingerprint density at radius 3 is 2.74 bits per heavy atom. The van der Waals surface area contributed by atoms with Crippen LogP contribution in [-0.2, 0) is 7.05 Å². The molecule has 3 aromatic heterocycles. The summed E-state index contributed by atoms with van der Waals surface area (Å²) in [5, 5.41) is 4.74. The number of anilines is 1. The summed E-state index contributed by atoms with van der Waals surface area (Å²) in [6.45, 7) is 3.91. The van der Waals surface area contributed by atoms with Crippen LogP contribution in [-0.4, -0.2) is 25.4 Å². The molecule has 27 heavy (non-hydrogen) atoms. The van der Waals surface area contributed by atoms with Gasteiger partial charge in [-0.05, 0) is 17.5 Å². The molecule has 0 atom stereocenters. The highest BCUT2D eigenvalue weighted by Gasteiger charge is 2.15. The second-order valence-electron chi connectivity index (χ2n) is 6.70. The van der Waals surface area contributed by atoms with Gasteiger partial charge in [-0.1, -0.05) is 26.0 Å². The minimum absolute atomic E-state index is 0.121. The number of amides is 1. The number of aryl methyl sites for hydroxylation is 1. The highest BCUT2D eigenvalue weighted by Crippen LogP contribution is 2.25. The van der Waals surface area contributed by atoms with Crippen LogP contribution in [0.3, 0.4) is 0 Å². The molecule has 0 radical (unpaired) electrons. The predicted molar refractivity (Wildman–Crippen MR) is 102 cm³/mol. The largest absolute Gasteiger partial charge is 0.448 e. The van der Waals surface area contributed by atoms with E-state index in [-0.39, 0.29) is 17.5 Å². The Bertz CT molecular complexity index is 1130. The van der Waals surface area contributed by atoms with Gasteiger partial charge in [0.05, 0.1) is 18.2 Å². The summed E-state index contributed by atoms with van der Waals surface area (Å²) in [5.41, 5.74) is 2.30. The topological polar surface area (TPSA) is 85.8 Å². The number of carbonyl (C=O) groups excluding carboxylic acids is 1. The number of nitrogens with one attached hydrogen (secondary N) is 1. The minimum atomic E-state index is -0.347. The fourth-order valence-electron chi connectivity index (χ4n) is 2.84.